The molecule has 0 radical (unpaired) electrons. The standard InChI is InChI=1S/C20H21FO2/c1-2-3-4-15-5-7-17(8-6-15)20-22-13-18(14-23-20)16-9-11-19(21)12-10-16/h2,5-12,18,20H,1,3-4,13-14H2. The lowest BCUT2D eigenvalue weighted by Gasteiger charge is -2.30. The van der Waals surface area contributed by atoms with E-state index in [1.807, 2.05) is 6.08 Å². The van der Waals surface area contributed by atoms with Crippen LogP contribution in [-0.2, 0) is 15.9 Å². The molecule has 0 aromatic heterocycles. The van der Waals surface area contributed by atoms with Gasteiger partial charge in [-0.05, 0) is 36.1 Å². The summed E-state index contributed by atoms with van der Waals surface area (Å²) in [5, 5.41) is 0. The van der Waals surface area contributed by atoms with Gasteiger partial charge in [-0.3, -0.25) is 0 Å². The van der Waals surface area contributed by atoms with Gasteiger partial charge in [0, 0.05) is 11.5 Å². The van der Waals surface area contributed by atoms with Crippen molar-refractivity contribution >= 4 is 0 Å². The summed E-state index contributed by atoms with van der Waals surface area (Å²) in [4.78, 5) is 0. The zero-order valence-electron chi connectivity index (χ0n) is 13.1. The number of benzene rings is 2. The molecule has 0 aliphatic carbocycles. The van der Waals surface area contributed by atoms with Gasteiger partial charge in [0.2, 0.25) is 0 Å². The minimum atomic E-state index is -0.319. The van der Waals surface area contributed by atoms with E-state index in [-0.39, 0.29) is 18.0 Å². The zero-order valence-corrected chi connectivity index (χ0v) is 13.1. The first-order valence-electron chi connectivity index (χ1n) is 7.94. The fraction of sp³-hybridized carbons (Fsp3) is 0.300. The maximum atomic E-state index is 13.0. The van der Waals surface area contributed by atoms with Crippen LogP contribution in [0.4, 0.5) is 4.39 Å². The Bertz CT molecular complexity index is 626. The molecule has 1 aliphatic heterocycles. The zero-order chi connectivity index (χ0) is 16.1. The third-order valence-corrected chi connectivity index (χ3v) is 4.13. The van der Waals surface area contributed by atoms with Crippen molar-refractivity contribution in [2.24, 2.45) is 0 Å². The van der Waals surface area contributed by atoms with Crippen molar-refractivity contribution in [1.29, 1.82) is 0 Å². The fourth-order valence-corrected chi connectivity index (χ4v) is 2.73. The van der Waals surface area contributed by atoms with Gasteiger partial charge >= 0.3 is 0 Å². The van der Waals surface area contributed by atoms with Crippen molar-refractivity contribution in [2.75, 3.05) is 13.2 Å². The number of ether oxygens (including phenoxy) is 2. The van der Waals surface area contributed by atoms with Gasteiger partial charge in [0.1, 0.15) is 5.82 Å². The van der Waals surface area contributed by atoms with Crippen molar-refractivity contribution in [2.45, 2.75) is 25.0 Å². The Morgan fingerprint density at radius 1 is 0.957 bits per heavy atom. The Balaban J connectivity index is 1.58. The minimum absolute atomic E-state index is 0.152. The molecule has 1 heterocycles. The molecule has 0 amide bonds. The van der Waals surface area contributed by atoms with Crippen LogP contribution in [0.2, 0.25) is 0 Å². The molecule has 120 valence electrons. The van der Waals surface area contributed by atoms with E-state index >= 15 is 0 Å². The highest BCUT2D eigenvalue weighted by Crippen LogP contribution is 2.30. The minimum Gasteiger partial charge on any atom is -0.348 e. The van der Waals surface area contributed by atoms with Crippen LogP contribution < -0.4 is 0 Å². The Kier molecular flexibility index (Phi) is 5.21. The van der Waals surface area contributed by atoms with Gasteiger partial charge in [-0.1, -0.05) is 42.5 Å². The fourth-order valence-electron chi connectivity index (χ4n) is 2.73. The molecule has 2 nitrogen and oxygen atoms in total. The maximum absolute atomic E-state index is 13.0. The molecular weight excluding hydrogens is 291 g/mol. The van der Waals surface area contributed by atoms with E-state index in [2.05, 4.69) is 30.8 Å². The third-order valence-electron chi connectivity index (χ3n) is 4.13. The van der Waals surface area contributed by atoms with Crippen LogP contribution in [0.3, 0.4) is 0 Å². The van der Waals surface area contributed by atoms with Gasteiger partial charge in [0.05, 0.1) is 13.2 Å². The molecule has 1 fully saturated rings. The number of allylic oxidation sites excluding steroid dienone is 1. The van der Waals surface area contributed by atoms with Crippen LogP contribution in [0.5, 0.6) is 0 Å². The molecule has 2 aromatic rings. The molecule has 23 heavy (non-hydrogen) atoms. The van der Waals surface area contributed by atoms with Gasteiger partial charge in [-0.15, -0.1) is 6.58 Å². The van der Waals surface area contributed by atoms with Crippen LogP contribution in [0.25, 0.3) is 0 Å². The number of aryl methyl sites for hydroxylation is 1. The molecule has 0 spiro atoms. The Labute approximate surface area is 136 Å². The van der Waals surface area contributed by atoms with E-state index in [1.54, 1.807) is 12.1 Å². The van der Waals surface area contributed by atoms with Crippen LogP contribution in [0.1, 0.15) is 35.3 Å². The molecule has 0 N–H and O–H groups in total. The molecule has 2 aromatic carbocycles. The van der Waals surface area contributed by atoms with Gasteiger partial charge in [0.15, 0.2) is 6.29 Å². The Hall–Kier alpha value is -1.97. The van der Waals surface area contributed by atoms with Gasteiger partial charge < -0.3 is 9.47 Å². The summed E-state index contributed by atoms with van der Waals surface area (Å²) < 4.78 is 24.7. The van der Waals surface area contributed by atoms with E-state index < -0.39 is 0 Å². The topological polar surface area (TPSA) is 18.5 Å². The SMILES string of the molecule is C=CCCc1ccc(C2OCC(c3ccc(F)cc3)CO2)cc1. The number of hydrogen-bond donors (Lipinski definition) is 0. The predicted molar refractivity (Wildman–Crippen MR) is 88.7 cm³/mol. The molecule has 3 rings (SSSR count). The second-order valence-corrected chi connectivity index (χ2v) is 5.82. The summed E-state index contributed by atoms with van der Waals surface area (Å²) >= 11 is 0. The second-order valence-electron chi connectivity index (χ2n) is 5.82. The van der Waals surface area contributed by atoms with Crippen LogP contribution >= 0.6 is 0 Å². The highest BCUT2D eigenvalue weighted by molar-refractivity contribution is 5.25. The van der Waals surface area contributed by atoms with E-state index in [4.69, 9.17) is 9.47 Å². The molecule has 0 saturated carbocycles. The van der Waals surface area contributed by atoms with Crippen molar-refractivity contribution in [3.8, 4) is 0 Å². The first kappa shape index (κ1) is 15.9. The molecule has 1 saturated heterocycles. The van der Waals surface area contributed by atoms with Crippen molar-refractivity contribution < 1.29 is 13.9 Å². The number of hydrogen-bond acceptors (Lipinski definition) is 2. The normalized spacial score (nSPS) is 21.1. The summed E-state index contributed by atoms with van der Waals surface area (Å²) in [6.07, 6.45) is 3.59. The van der Waals surface area contributed by atoms with Gasteiger partial charge in [0.25, 0.3) is 0 Å². The molecular formula is C20H21FO2. The van der Waals surface area contributed by atoms with Gasteiger partial charge in [-0.25, -0.2) is 4.39 Å². The Morgan fingerprint density at radius 2 is 1.57 bits per heavy atom. The van der Waals surface area contributed by atoms with Crippen LogP contribution in [0, 0.1) is 5.82 Å². The summed E-state index contributed by atoms with van der Waals surface area (Å²) in [6.45, 7) is 4.90. The lowest BCUT2D eigenvalue weighted by Crippen LogP contribution is -2.25. The quantitative estimate of drug-likeness (QED) is 0.740. The van der Waals surface area contributed by atoms with Crippen molar-refractivity contribution in [3.63, 3.8) is 0 Å². The molecule has 1 aliphatic rings. The molecule has 3 heteroatoms. The smallest absolute Gasteiger partial charge is 0.183 e. The van der Waals surface area contributed by atoms with Crippen molar-refractivity contribution in [1.82, 2.24) is 0 Å². The summed E-state index contributed by atoms with van der Waals surface area (Å²) in [5.41, 5.74) is 3.36. The summed E-state index contributed by atoms with van der Waals surface area (Å²) in [7, 11) is 0. The molecule has 0 bridgehead atoms. The number of halogens is 1. The van der Waals surface area contributed by atoms with E-state index in [0.29, 0.717) is 13.2 Å². The second kappa shape index (κ2) is 7.53. The average Bonchev–Trinajstić information content (AvgIpc) is 2.61. The van der Waals surface area contributed by atoms with Crippen molar-refractivity contribution in [3.05, 3.63) is 83.7 Å². The largest absolute Gasteiger partial charge is 0.348 e. The highest BCUT2D eigenvalue weighted by atomic mass is 19.1. The third kappa shape index (κ3) is 4.06. The average molecular weight is 312 g/mol. The molecule has 0 atom stereocenters. The van der Waals surface area contributed by atoms with E-state index in [0.717, 1.165) is 24.0 Å². The van der Waals surface area contributed by atoms with E-state index in [9.17, 15) is 4.39 Å². The first-order chi connectivity index (χ1) is 11.3. The summed E-state index contributed by atoms with van der Waals surface area (Å²) in [5.74, 6) is -0.0699. The highest BCUT2D eigenvalue weighted by Gasteiger charge is 2.24. The maximum Gasteiger partial charge on any atom is 0.183 e. The number of rotatable bonds is 5. The van der Waals surface area contributed by atoms with Crippen LogP contribution in [0.15, 0.2) is 61.2 Å². The first-order valence-corrected chi connectivity index (χ1v) is 7.94. The Morgan fingerprint density at radius 3 is 2.17 bits per heavy atom. The predicted octanol–water partition coefficient (Wildman–Crippen LogP) is 4.77. The van der Waals surface area contributed by atoms with Crippen LogP contribution in [-0.4, -0.2) is 13.2 Å². The van der Waals surface area contributed by atoms with Gasteiger partial charge in [-0.2, -0.15) is 0 Å². The lowest BCUT2D eigenvalue weighted by atomic mass is 10.00. The monoisotopic (exact) mass is 312 g/mol. The lowest BCUT2D eigenvalue weighted by molar-refractivity contribution is -0.191. The van der Waals surface area contributed by atoms with E-state index in [1.165, 1.54) is 17.7 Å². The molecule has 0 unspecified atom stereocenters. The summed E-state index contributed by atoms with van der Waals surface area (Å²) in [6, 6.07) is 14.9.